The first-order chi connectivity index (χ1) is 6.88. The Morgan fingerprint density at radius 3 is 2.86 bits per heavy atom. The average Bonchev–Trinajstić information content (AvgIpc) is 2.44. The molecule has 1 unspecified atom stereocenters. The number of nitrogens with one attached hydrogen (secondary N) is 1. The van der Waals surface area contributed by atoms with Gasteiger partial charge in [0, 0.05) is 13.0 Å². The van der Waals surface area contributed by atoms with Gasteiger partial charge in [-0.15, -0.1) is 0 Å². The van der Waals surface area contributed by atoms with Crippen LogP contribution in [0.1, 0.15) is 44.9 Å². The third kappa shape index (κ3) is 2.27. The van der Waals surface area contributed by atoms with E-state index in [0.29, 0.717) is 12.1 Å². The number of hydrogen-bond acceptors (Lipinski definition) is 2. The molecule has 3 nitrogen and oxygen atoms in total. The van der Waals surface area contributed by atoms with Crippen LogP contribution in [0.4, 0.5) is 0 Å². The summed E-state index contributed by atoms with van der Waals surface area (Å²) < 4.78 is 0. The van der Waals surface area contributed by atoms with Crippen molar-refractivity contribution in [3.05, 3.63) is 0 Å². The summed E-state index contributed by atoms with van der Waals surface area (Å²) in [5.41, 5.74) is 0. The molecule has 2 aliphatic heterocycles. The zero-order chi connectivity index (χ0) is 9.80. The molecular formula is C11H20N2O. The van der Waals surface area contributed by atoms with Crippen LogP contribution in [-0.2, 0) is 4.79 Å². The van der Waals surface area contributed by atoms with Crippen molar-refractivity contribution in [3.8, 4) is 0 Å². The topological polar surface area (TPSA) is 32.3 Å². The molecule has 2 heterocycles. The number of likely N-dealkylation sites (tertiary alicyclic amines) is 1. The molecule has 0 saturated carbocycles. The van der Waals surface area contributed by atoms with Gasteiger partial charge in [0.05, 0.1) is 6.17 Å². The lowest BCUT2D eigenvalue weighted by molar-refractivity contribution is -0.134. The molecule has 3 heteroatoms. The first kappa shape index (κ1) is 9.97. The molecule has 14 heavy (non-hydrogen) atoms. The minimum absolute atomic E-state index is 0.342. The quantitative estimate of drug-likeness (QED) is 0.689. The van der Waals surface area contributed by atoms with Gasteiger partial charge in [0.15, 0.2) is 0 Å². The Labute approximate surface area is 85.8 Å². The third-order valence-electron chi connectivity index (χ3n) is 3.27. The number of carbonyl (C=O) groups excluding carboxylic acids is 1. The van der Waals surface area contributed by atoms with Crippen molar-refractivity contribution in [2.75, 3.05) is 13.1 Å². The van der Waals surface area contributed by atoms with E-state index >= 15 is 0 Å². The van der Waals surface area contributed by atoms with Gasteiger partial charge in [-0.3, -0.25) is 10.1 Å². The van der Waals surface area contributed by atoms with Crippen LogP contribution in [0.2, 0.25) is 0 Å². The Kier molecular flexibility index (Phi) is 3.40. The highest BCUT2D eigenvalue weighted by Crippen LogP contribution is 2.17. The lowest BCUT2D eigenvalue weighted by Crippen LogP contribution is -2.50. The van der Waals surface area contributed by atoms with Crippen molar-refractivity contribution in [2.45, 2.75) is 51.1 Å². The average molecular weight is 196 g/mol. The van der Waals surface area contributed by atoms with E-state index in [1.54, 1.807) is 0 Å². The largest absolute Gasteiger partial charge is 0.327 e. The van der Waals surface area contributed by atoms with Crippen molar-refractivity contribution >= 4 is 5.91 Å². The standard InChI is InChI=1S/C11H20N2O/c14-11-7-2-1-5-9-13(11)10-6-3-4-8-12-10/h10,12H,1-9H2. The number of piperidine rings is 1. The molecule has 0 aromatic carbocycles. The zero-order valence-electron chi connectivity index (χ0n) is 8.80. The predicted molar refractivity (Wildman–Crippen MR) is 55.8 cm³/mol. The summed E-state index contributed by atoms with van der Waals surface area (Å²) in [5.74, 6) is 0.363. The van der Waals surface area contributed by atoms with Gasteiger partial charge < -0.3 is 4.90 Å². The second-order valence-corrected chi connectivity index (χ2v) is 4.36. The lowest BCUT2D eigenvalue weighted by atomic mass is 10.1. The second kappa shape index (κ2) is 4.78. The van der Waals surface area contributed by atoms with Gasteiger partial charge >= 0.3 is 0 Å². The molecule has 0 spiro atoms. The van der Waals surface area contributed by atoms with Gasteiger partial charge in [-0.1, -0.05) is 6.42 Å². The molecule has 0 aromatic heterocycles. The molecule has 1 atom stereocenters. The molecule has 0 bridgehead atoms. The summed E-state index contributed by atoms with van der Waals surface area (Å²) in [4.78, 5) is 13.9. The fraction of sp³-hybridized carbons (Fsp3) is 0.909. The van der Waals surface area contributed by atoms with Gasteiger partial charge in [-0.2, -0.15) is 0 Å². The normalized spacial score (nSPS) is 30.1. The van der Waals surface area contributed by atoms with Crippen LogP contribution in [0.15, 0.2) is 0 Å². The summed E-state index contributed by atoms with van der Waals surface area (Å²) >= 11 is 0. The summed E-state index contributed by atoms with van der Waals surface area (Å²) in [7, 11) is 0. The van der Waals surface area contributed by atoms with Gasteiger partial charge in [-0.05, 0) is 38.6 Å². The van der Waals surface area contributed by atoms with Crippen molar-refractivity contribution in [1.29, 1.82) is 0 Å². The van der Waals surface area contributed by atoms with E-state index in [4.69, 9.17) is 0 Å². The fourth-order valence-corrected chi connectivity index (χ4v) is 2.43. The van der Waals surface area contributed by atoms with Crippen molar-refractivity contribution in [1.82, 2.24) is 10.2 Å². The maximum Gasteiger partial charge on any atom is 0.223 e. The molecule has 1 N–H and O–H groups in total. The Hall–Kier alpha value is -0.570. The van der Waals surface area contributed by atoms with Gasteiger partial charge in [-0.25, -0.2) is 0 Å². The van der Waals surface area contributed by atoms with Crippen molar-refractivity contribution < 1.29 is 4.79 Å². The molecule has 2 saturated heterocycles. The van der Waals surface area contributed by atoms with Gasteiger partial charge in [0.2, 0.25) is 5.91 Å². The third-order valence-corrected chi connectivity index (χ3v) is 3.27. The molecule has 2 aliphatic rings. The maximum atomic E-state index is 11.8. The number of amides is 1. The number of hydrogen-bond donors (Lipinski definition) is 1. The second-order valence-electron chi connectivity index (χ2n) is 4.36. The fourth-order valence-electron chi connectivity index (χ4n) is 2.43. The summed E-state index contributed by atoms with van der Waals surface area (Å²) in [6.45, 7) is 2.05. The van der Waals surface area contributed by atoms with Gasteiger partial charge in [0.1, 0.15) is 0 Å². The highest BCUT2D eigenvalue weighted by atomic mass is 16.2. The molecule has 0 radical (unpaired) electrons. The van der Waals surface area contributed by atoms with Crippen molar-refractivity contribution in [2.24, 2.45) is 0 Å². The SMILES string of the molecule is O=C1CCCCCN1C1CCCCN1. The molecule has 1 amide bonds. The first-order valence-corrected chi connectivity index (χ1v) is 5.91. The van der Waals surface area contributed by atoms with Crippen LogP contribution in [0, 0.1) is 0 Å². The van der Waals surface area contributed by atoms with E-state index in [1.165, 1.54) is 25.7 Å². The molecular weight excluding hydrogens is 176 g/mol. The van der Waals surface area contributed by atoms with Crippen LogP contribution < -0.4 is 5.32 Å². The van der Waals surface area contributed by atoms with E-state index in [0.717, 1.165) is 32.4 Å². The Morgan fingerprint density at radius 1 is 1.14 bits per heavy atom. The molecule has 0 aromatic rings. The molecule has 80 valence electrons. The minimum Gasteiger partial charge on any atom is -0.327 e. The number of rotatable bonds is 1. The predicted octanol–water partition coefficient (Wildman–Crippen LogP) is 1.49. The molecule has 0 aliphatic carbocycles. The zero-order valence-corrected chi connectivity index (χ0v) is 8.80. The summed E-state index contributed by atoms with van der Waals surface area (Å²) in [6, 6.07) is 0. The Bertz CT molecular complexity index is 199. The molecule has 2 fully saturated rings. The van der Waals surface area contributed by atoms with Gasteiger partial charge in [0.25, 0.3) is 0 Å². The van der Waals surface area contributed by atoms with E-state index in [2.05, 4.69) is 10.2 Å². The first-order valence-electron chi connectivity index (χ1n) is 5.91. The van der Waals surface area contributed by atoms with E-state index in [1.807, 2.05) is 0 Å². The lowest BCUT2D eigenvalue weighted by Gasteiger charge is -2.34. The highest BCUT2D eigenvalue weighted by Gasteiger charge is 2.25. The smallest absolute Gasteiger partial charge is 0.223 e. The highest BCUT2D eigenvalue weighted by molar-refractivity contribution is 5.76. The van der Waals surface area contributed by atoms with Crippen LogP contribution in [-0.4, -0.2) is 30.1 Å². The Morgan fingerprint density at radius 2 is 2.07 bits per heavy atom. The van der Waals surface area contributed by atoms with E-state index < -0.39 is 0 Å². The summed E-state index contributed by atoms with van der Waals surface area (Å²) in [5, 5.41) is 3.45. The van der Waals surface area contributed by atoms with Crippen LogP contribution >= 0.6 is 0 Å². The summed E-state index contributed by atoms with van der Waals surface area (Å²) in [6.07, 6.45) is 8.26. The van der Waals surface area contributed by atoms with Crippen LogP contribution in [0.5, 0.6) is 0 Å². The van der Waals surface area contributed by atoms with E-state index in [9.17, 15) is 4.79 Å². The van der Waals surface area contributed by atoms with Crippen LogP contribution in [0.3, 0.4) is 0 Å². The maximum absolute atomic E-state index is 11.8. The van der Waals surface area contributed by atoms with Crippen LogP contribution in [0.25, 0.3) is 0 Å². The number of carbonyl (C=O) groups is 1. The molecule has 2 rings (SSSR count). The van der Waals surface area contributed by atoms with E-state index in [-0.39, 0.29) is 0 Å². The monoisotopic (exact) mass is 196 g/mol. The van der Waals surface area contributed by atoms with Crippen molar-refractivity contribution in [3.63, 3.8) is 0 Å². The Balaban J connectivity index is 1.95. The minimum atomic E-state index is 0.342. The number of nitrogens with zero attached hydrogens (tertiary/aromatic N) is 1.